The van der Waals surface area contributed by atoms with E-state index in [-0.39, 0.29) is 35.6 Å². The van der Waals surface area contributed by atoms with E-state index in [1.807, 2.05) is 0 Å². The van der Waals surface area contributed by atoms with Gasteiger partial charge in [0.15, 0.2) is 5.17 Å². The minimum absolute atomic E-state index is 0.0858. The normalized spacial score (nSPS) is 17.8. The number of para-hydroxylation sites is 2. The van der Waals surface area contributed by atoms with E-state index < -0.39 is 17.0 Å². The SMILES string of the molecule is CCN1C(=O)[C@@H](CC(=O)Nc2ccccc2OC)SC1=Nc1cccc(C(F)(F)F)c1. The summed E-state index contributed by atoms with van der Waals surface area (Å²) in [5.74, 6) is -0.205. The number of carbonyl (C=O) groups is 2. The van der Waals surface area contributed by atoms with Gasteiger partial charge in [0.25, 0.3) is 0 Å². The van der Waals surface area contributed by atoms with Gasteiger partial charge in [-0.2, -0.15) is 13.2 Å². The Bertz CT molecular complexity index is 1010. The number of ether oxygens (including phenoxy) is 1. The Kier molecular flexibility index (Phi) is 6.89. The highest BCUT2D eigenvalue weighted by Gasteiger charge is 2.38. The monoisotopic (exact) mass is 451 g/mol. The number of methoxy groups -OCH3 is 1. The number of halogens is 3. The minimum Gasteiger partial charge on any atom is -0.495 e. The molecule has 3 rings (SSSR count). The molecule has 1 atom stereocenters. The Balaban J connectivity index is 1.75. The molecule has 1 saturated heterocycles. The maximum absolute atomic E-state index is 13.0. The van der Waals surface area contributed by atoms with Crippen LogP contribution < -0.4 is 10.1 Å². The lowest BCUT2D eigenvalue weighted by Gasteiger charge is -2.14. The molecule has 1 fully saturated rings. The molecule has 1 aliphatic heterocycles. The molecule has 0 radical (unpaired) electrons. The molecule has 0 aromatic heterocycles. The van der Waals surface area contributed by atoms with Crippen molar-refractivity contribution >= 4 is 40.1 Å². The third kappa shape index (κ3) is 5.38. The molecule has 0 saturated carbocycles. The first kappa shape index (κ1) is 22.7. The van der Waals surface area contributed by atoms with Gasteiger partial charge in [0, 0.05) is 13.0 Å². The summed E-state index contributed by atoms with van der Waals surface area (Å²) in [7, 11) is 1.48. The van der Waals surface area contributed by atoms with Crippen LogP contribution in [0.5, 0.6) is 5.75 Å². The Morgan fingerprint density at radius 1 is 1.23 bits per heavy atom. The predicted octanol–water partition coefficient (Wildman–Crippen LogP) is 4.69. The highest BCUT2D eigenvalue weighted by molar-refractivity contribution is 8.15. The summed E-state index contributed by atoms with van der Waals surface area (Å²) in [5.41, 5.74) is -0.252. The largest absolute Gasteiger partial charge is 0.495 e. The zero-order valence-electron chi connectivity index (χ0n) is 16.8. The number of nitrogens with zero attached hydrogens (tertiary/aromatic N) is 2. The second-order valence-corrected chi connectivity index (χ2v) is 7.75. The average molecular weight is 451 g/mol. The predicted molar refractivity (Wildman–Crippen MR) is 114 cm³/mol. The Labute approximate surface area is 181 Å². The van der Waals surface area contributed by atoms with Crippen molar-refractivity contribution in [2.75, 3.05) is 19.0 Å². The molecule has 164 valence electrons. The second kappa shape index (κ2) is 9.42. The number of benzene rings is 2. The summed E-state index contributed by atoms with van der Waals surface area (Å²) in [6, 6.07) is 11.5. The Hall–Kier alpha value is -3.01. The van der Waals surface area contributed by atoms with Crippen molar-refractivity contribution in [3.8, 4) is 5.75 Å². The van der Waals surface area contributed by atoms with Gasteiger partial charge in [0.1, 0.15) is 11.0 Å². The molecule has 10 heteroatoms. The average Bonchev–Trinajstić information content (AvgIpc) is 3.01. The summed E-state index contributed by atoms with van der Waals surface area (Å²) in [6.07, 6.45) is -4.60. The number of carbonyl (C=O) groups excluding carboxylic acids is 2. The highest BCUT2D eigenvalue weighted by Crippen LogP contribution is 2.35. The van der Waals surface area contributed by atoms with Crippen molar-refractivity contribution in [3.05, 3.63) is 54.1 Å². The first-order chi connectivity index (χ1) is 14.7. The zero-order valence-corrected chi connectivity index (χ0v) is 17.6. The summed E-state index contributed by atoms with van der Waals surface area (Å²) < 4.78 is 44.1. The van der Waals surface area contributed by atoms with E-state index in [9.17, 15) is 22.8 Å². The fourth-order valence-corrected chi connectivity index (χ4v) is 4.22. The van der Waals surface area contributed by atoms with Crippen LogP contribution >= 0.6 is 11.8 Å². The molecule has 2 aromatic rings. The molecule has 1 aliphatic rings. The first-order valence-electron chi connectivity index (χ1n) is 9.39. The van der Waals surface area contributed by atoms with Crippen LogP contribution in [0, 0.1) is 0 Å². The van der Waals surface area contributed by atoms with Crippen LogP contribution in [0.1, 0.15) is 18.9 Å². The van der Waals surface area contributed by atoms with Crippen LogP contribution in [-0.2, 0) is 15.8 Å². The lowest BCUT2D eigenvalue weighted by Crippen LogP contribution is -2.33. The van der Waals surface area contributed by atoms with Gasteiger partial charge in [-0.15, -0.1) is 0 Å². The summed E-state index contributed by atoms with van der Waals surface area (Å²) >= 11 is 1.06. The van der Waals surface area contributed by atoms with Crippen LogP contribution in [0.4, 0.5) is 24.5 Å². The van der Waals surface area contributed by atoms with Gasteiger partial charge in [-0.1, -0.05) is 30.0 Å². The standard InChI is InChI=1S/C21H20F3N3O3S/c1-3-27-19(29)17(12-18(28)26-15-9-4-5-10-16(15)30-2)31-20(27)25-14-8-6-7-13(11-14)21(22,23)24/h4-11,17H,3,12H2,1-2H3,(H,26,28)/t17-/m1/s1. The van der Waals surface area contributed by atoms with Gasteiger partial charge in [-0.3, -0.25) is 14.5 Å². The van der Waals surface area contributed by atoms with Gasteiger partial charge in [-0.25, -0.2) is 4.99 Å². The zero-order chi connectivity index (χ0) is 22.6. The topological polar surface area (TPSA) is 71.0 Å². The molecule has 2 amide bonds. The van der Waals surface area contributed by atoms with E-state index in [0.29, 0.717) is 11.4 Å². The fraction of sp³-hybridized carbons (Fsp3) is 0.286. The molecule has 0 spiro atoms. The van der Waals surface area contributed by atoms with E-state index in [0.717, 1.165) is 23.9 Å². The molecule has 31 heavy (non-hydrogen) atoms. The highest BCUT2D eigenvalue weighted by atomic mass is 32.2. The minimum atomic E-state index is -4.49. The number of alkyl halides is 3. The van der Waals surface area contributed by atoms with Crippen molar-refractivity contribution in [3.63, 3.8) is 0 Å². The lowest BCUT2D eigenvalue weighted by molar-refractivity contribution is -0.137. The van der Waals surface area contributed by atoms with Gasteiger partial charge in [-0.05, 0) is 37.3 Å². The maximum atomic E-state index is 13.0. The molecule has 0 unspecified atom stereocenters. The Morgan fingerprint density at radius 3 is 2.65 bits per heavy atom. The van der Waals surface area contributed by atoms with Crippen molar-refractivity contribution < 1.29 is 27.5 Å². The van der Waals surface area contributed by atoms with E-state index in [1.54, 1.807) is 31.2 Å². The van der Waals surface area contributed by atoms with Gasteiger partial charge in [0.05, 0.1) is 24.0 Å². The molecule has 0 aliphatic carbocycles. The van der Waals surface area contributed by atoms with E-state index >= 15 is 0 Å². The molecule has 0 bridgehead atoms. The molecule has 1 N–H and O–H groups in total. The quantitative estimate of drug-likeness (QED) is 0.692. The summed E-state index contributed by atoms with van der Waals surface area (Å²) in [4.78, 5) is 30.8. The molecular formula is C21H20F3N3O3S. The molecular weight excluding hydrogens is 431 g/mol. The number of nitrogens with one attached hydrogen (secondary N) is 1. The van der Waals surface area contributed by atoms with Gasteiger partial charge in [0.2, 0.25) is 11.8 Å². The van der Waals surface area contributed by atoms with E-state index in [2.05, 4.69) is 10.3 Å². The van der Waals surface area contributed by atoms with Crippen LogP contribution in [0.15, 0.2) is 53.5 Å². The fourth-order valence-electron chi connectivity index (χ4n) is 3.00. The van der Waals surface area contributed by atoms with E-state index in [4.69, 9.17) is 4.74 Å². The Morgan fingerprint density at radius 2 is 1.97 bits per heavy atom. The van der Waals surface area contributed by atoms with Crippen LogP contribution in [0.3, 0.4) is 0 Å². The molecule has 6 nitrogen and oxygen atoms in total. The second-order valence-electron chi connectivity index (χ2n) is 6.58. The van der Waals surface area contributed by atoms with Crippen molar-refractivity contribution in [2.24, 2.45) is 4.99 Å². The van der Waals surface area contributed by atoms with Crippen molar-refractivity contribution in [2.45, 2.75) is 24.8 Å². The van der Waals surface area contributed by atoms with Gasteiger partial charge >= 0.3 is 6.18 Å². The number of anilines is 1. The lowest BCUT2D eigenvalue weighted by atomic mass is 10.2. The van der Waals surface area contributed by atoms with Crippen LogP contribution in [0.2, 0.25) is 0 Å². The third-order valence-corrected chi connectivity index (χ3v) is 5.66. The summed E-state index contributed by atoms with van der Waals surface area (Å²) in [6.45, 7) is 2.02. The van der Waals surface area contributed by atoms with E-state index in [1.165, 1.54) is 24.1 Å². The van der Waals surface area contributed by atoms with Gasteiger partial charge < -0.3 is 10.1 Å². The smallest absolute Gasteiger partial charge is 0.416 e. The molecule has 1 heterocycles. The van der Waals surface area contributed by atoms with Crippen molar-refractivity contribution in [1.82, 2.24) is 4.90 Å². The van der Waals surface area contributed by atoms with Crippen LogP contribution in [0.25, 0.3) is 0 Å². The number of rotatable bonds is 6. The first-order valence-corrected chi connectivity index (χ1v) is 10.3. The summed E-state index contributed by atoms with van der Waals surface area (Å²) in [5, 5.41) is 2.26. The number of hydrogen-bond donors (Lipinski definition) is 1. The maximum Gasteiger partial charge on any atom is 0.416 e. The number of hydrogen-bond acceptors (Lipinski definition) is 5. The molecule has 2 aromatic carbocycles. The third-order valence-electron chi connectivity index (χ3n) is 4.49. The number of amides is 2. The van der Waals surface area contributed by atoms with Crippen molar-refractivity contribution in [1.29, 1.82) is 0 Å². The van der Waals surface area contributed by atoms with Crippen LogP contribution in [-0.4, -0.2) is 40.8 Å². The number of amidine groups is 1. The number of aliphatic imine (C=N–C) groups is 1. The number of thioether (sulfide) groups is 1.